The molecule has 2 aliphatic heterocycles. The van der Waals surface area contributed by atoms with Gasteiger partial charge in [-0.1, -0.05) is 0 Å². The molecule has 4 heteroatoms. The summed E-state index contributed by atoms with van der Waals surface area (Å²) in [6.45, 7) is 3.43. The number of hydrogen-bond acceptors (Lipinski definition) is 4. The lowest BCUT2D eigenvalue weighted by Crippen LogP contribution is -2.60. The van der Waals surface area contributed by atoms with Gasteiger partial charge in [-0.05, 0) is 32.0 Å². The fourth-order valence-electron chi connectivity index (χ4n) is 2.77. The van der Waals surface area contributed by atoms with Crippen LogP contribution >= 0.6 is 0 Å². The Morgan fingerprint density at radius 1 is 1.33 bits per heavy atom. The SMILES string of the molecule is c1cc(C2NCC23CCNCC3)ncn1. The molecule has 1 aromatic heterocycles. The smallest absolute Gasteiger partial charge is 0.115 e. The first-order chi connectivity index (χ1) is 7.41. The van der Waals surface area contributed by atoms with Gasteiger partial charge < -0.3 is 10.6 Å². The van der Waals surface area contributed by atoms with Crippen LogP contribution in [0.3, 0.4) is 0 Å². The number of hydrogen-bond donors (Lipinski definition) is 2. The van der Waals surface area contributed by atoms with Crippen molar-refractivity contribution in [3.63, 3.8) is 0 Å². The second-order valence-corrected chi connectivity index (χ2v) is 4.56. The second-order valence-electron chi connectivity index (χ2n) is 4.56. The van der Waals surface area contributed by atoms with E-state index in [1.807, 2.05) is 12.3 Å². The van der Waals surface area contributed by atoms with E-state index in [2.05, 4.69) is 20.6 Å². The molecule has 15 heavy (non-hydrogen) atoms. The summed E-state index contributed by atoms with van der Waals surface area (Å²) in [6.07, 6.45) is 5.99. The summed E-state index contributed by atoms with van der Waals surface area (Å²) in [7, 11) is 0. The molecule has 2 saturated heterocycles. The molecule has 0 saturated carbocycles. The van der Waals surface area contributed by atoms with Crippen molar-refractivity contribution >= 4 is 0 Å². The molecule has 0 aromatic carbocycles. The molecule has 0 bridgehead atoms. The van der Waals surface area contributed by atoms with Gasteiger partial charge in [0.2, 0.25) is 0 Å². The molecule has 2 aliphatic rings. The average molecular weight is 204 g/mol. The Morgan fingerprint density at radius 3 is 2.80 bits per heavy atom. The van der Waals surface area contributed by atoms with E-state index < -0.39 is 0 Å². The first kappa shape index (κ1) is 9.24. The van der Waals surface area contributed by atoms with Crippen LogP contribution < -0.4 is 10.6 Å². The van der Waals surface area contributed by atoms with E-state index in [4.69, 9.17) is 0 Å². The van der Waals surface area contributed by atoms with Crippen LogP contribution in [-0.2, 0) is 0 Å². The molecular weight excluding hydrogens is 188 g/mol. The number of nitrogens with one attached hydrogen (secondary N) is 2. The third kappa shape index (κ3) is 1.44. The van der Waals surface area contributed by atoms with Crippen LogP contribution in [0.1, 0.15) is 24.6 Å². The summed E-state index contributed by atoms with van der Waals surface area (Å²) >= 11 is 0. The maximum atomic E-state index is 4.36. The molecule has 3 heterocycles. The third-order valence-electron chi connectivity index (χ3n) is 3.77. The molecule has 0 radical (unpaired) electrons. The van der Waals surface area contributed by atoms with Crippen molar-refractivity contribution in [2.75, 3.05) is 19.6 Å². The Hall–Kier alpha value is -1.00. The first-order valence-electron chi connectivity index (χ1n) is 5.61. The maximum absolute atomic E-state index is 4.36. The molecule has 2 N–H and O–H groups in total. The van der Waals surface area contributed by atoms with Gasteiger partial charge in [0.05, 0.1) is 11.7 Å². The molecule has 1 atom stereocenters. The zero-order chi connectivity index (χ0) is 10.1. The summed E-state index contributed by atoms with van der Waals surface area (Å²) in [5.74, 6) is 0. The largest absolute Gasteiger partial charge is 0.317 e. The lowest BCUT2D eigenvalue weighted by molar-refractivity contribution is 0.0410. The maximum Gasteiger partial charge on any atom is 0.115 e. The highest BCUT2D eigenvalue weighted by Gasteiger charge is 2.48. The van der Waals surface area contributed by atoms with E-state index in [0.29, 0.717) is 11.5 Å². The fourth-order valence-corrected chi connectivity index (χ4v) is 2.77. The Bertz CT molecular complexity index is 332. The zero-order valence-electron chi connectivity index (χ0n) is 8.74. The summed E-state index contributed by atoms with van der Waals surface area (Å²) in [5.41, 5.74) is 1.61. The summed E-state index contributed by atoms with van der Waals surface area (Å²) in [4.78, 5) is 8.32. The van der Waals surface area contributed by atoms with Crippen LogP contribution in [0.2, 0.25) is 0 Å². The third-order valence-corrected chi connectivity index (χ3v) is 3.77. The molecule has 80 valence electrons. The van der Waals surface area contributed by atoms with Gasteiger partial charge in [0.1, 0.15) is 6.33 Å². The van der Waals surface area contributed by atoms with Gasteiger partial charge in [0.25, 0.3) is 0 Å². The molecule has 2 fully saturated rings. The van der Waals surface area contributed by atoms with Crippen molar-refractivity contribution in [3.05, 3.63) is 24.3 Å². The minimum atomic E-state index is 0.447. The average Bonchev–Trinajstić information content (AvgIpc) is 2.30. The van der Waals surface area contributed by atoms with Crippen LogP contribution in [0.25, 0.3) is 0 Å². The van der Waals surface area contributed by atoms with Crippen molar-refractivity contribution in [1.29, 1.82) is 0 Å². The van der Waals surface area contributed by atoms with E-state index in [0.717, 1.165) is 25.3 Å². The van der Waals surface area contributed by atoms with Crippen LogP contribution in [0.15, 0.2) is 18.6 Å². The van der Waals surface area contributed by atoms with Crippen molar-refractivity contribution < 1.29 is 0 Å². The Kier molecular flexibility index (Phi) is 2.18. The summed E-state index contributed by atoms with van der Waals surface area (Å²) in [5, 5.41) is 6.92. The minimum Gasteiger partial charge on any atom is -0.317 e. The van der Waals surface area contributed by atoms with Crippen molar-refractivity contribution in [3.8, 4) is 0 Å². The Labute approximate surface area is 89.5 Å². The zero-order valence-corrected chi connectivity index (χ0v) is 8.74. The molecule has 0 amide bonds. The number of nitrogens with zero attached hydrogens (tertiary/aromatic N) is 2. The molecular formula is C11H16N4. The van der Waals surface area contributed by atoms with Crippen LogP contribution in [0, 0.1) is 5.41 Å². The van der Waals surface area contributed by atoms with Gasteiger partial charge in [0, 0.05) is 18.2 Å². The number of aromatic nitrogens is 2. The van der Waals surface area contributed by atoms with Gasteiger partial charge in [-0.15, -0.1) is 0 Å². The minimum absolute atomic E-state index is 0.447. The lowest BCUT2D eigenvalue weighted by Gasteiger charge is -2.52. The summed E-state index contributed by atoms with van der Waals surface area (Å²) in [6, 6.07) is 2.48. The van der Waals surface area contributed by atoms with Gasteiger partial charge in [0.15, 0.2) is 0 Å². The monoisotopic (exact) mass is 204 g/mol. The standard InChI is InChI=1S/C11H16N4/c1-4-13-8-15-9(1)10-11(7-14-10)2-5-12-6-3-11/h1,4,8,10,12,14H,2-3,5-7H2. The molecule has 1 spiro atoms. The van der Waals surface area contributed by atoms with E-state index in [-0.39, 0.29) is 0 Å². The van der Waals surface area contributed by atoms with Gasteiger partial charge in [-0.2, -0.15) is 0 Å². The van der Waals surface area contributed by atoms with Gasteiger partial charge >= 0.3 is 0 Å². The highest BCUT2D eigenvalue weighted by molar-refractivity contribution is 5.17. The van der Waals surface area contributed by atoms with Crippen LogP contribution in [0.4, 0.5) is 0 Å². The summed E-state index contributed by atoms with van der Waals surface area (Å²) < 4.78 is 0. The topological polar surface area (TPSA) is 49.8 Å². The second kappa shape index (κ2) is 3.54. The van der Waals surface area contributed by atoms with Gasteiger partial charge in [-0.25, -0.2) is 9.97 Å². The van der Waals surface area contributed by atoms with E-state index in [1.54, 1.807) is 6.33 Å². The molecule has 4 nitrogen and oxygen atoms in total. The van der Waals surface area contributed by atoms with E-state index in [1.165, 1.54) is 12.8 Å². The molecule has 1 aromatic rings. The van der Waals surface area contributed by atoms with Crippen LogP contribution in [0.5, 0.6) is 0 Å². The van der Waals surface area contributed by atoms with Crippen molar-refractivity contribution in [1.82, 2.24) is 20.6 Å². The van der Waals surface area contributed by atoms with Crippen molar-refractivity contribution in [2.24, 2.45) is 5.41 Å². The highest BCUT2D eigenvalue weighted by atomic mass is 15.1. The van der Waals surface area contributed by atoms with Gasteiger partial charge in [-0.3, -0.25) is 0 Å². The lowest BCUT2D eigenvalue weighted by atomic mass is 9.66. The predicted molar refractivity (Wildman–Crippen MR) is 57.3 cm³/mol. The predicted octanol–water partition coefficient (Wildman–Crippen LogP) is 0.491. The Balaban J connectivity index is 1.83. The fraction of sp³-hybridized carbons (Fsp3) is 0.636. The molecule has 1 unspecified atom stereocenters. The number of rotatable bonds is 1. The Morgan fingerprint density at radius 2 is 2.20 bits per heavy atom. The van der Waals surface area contributed by atoms with Crippen molar-refractivity contribution in [2.45, 2.75) is 18.9 Å². The first-order valence-corrected chi connectivity index (χ1v) is 5.61. The molecule has 3 rings (SSSR count). The number of piperidine rings is 1. The van der Waals surface area contributed by atoms with E-state index >= 15 is 0 Å². The van der Waals surface area contributed by atoms with Crippen LogP contribution in [-0.4, -0.2) is 29.6 Å². The molecule has 0 aliphatic carbocycles. The highest BCUT2D eigenvalue weighted by Crippen LogP contribution is 2.46. The quantitative estimate of drug-likeness (QED) is 0.699. The normalized spacial score (nSPS) is 28.7. The van der Waals surface area contributed by atoms with E-state index in [9.17, 15) is 0 Å².